The predicted molar refractivity (Wildman–Crippen MR) is 66.8 cm³/mol. The van der Waals surface area contributed by atoms with Gasteiger partial charge in [-0.1, -0.05) is 17.7 Å². The Balaban J connectivity index is 2.22. The highest BCUT2D eigenvalue weighted by Gasteiger charge is 2.30. The number of benzene rings is 1. The molecule has 0 bridgehead atoms. The number of ether oxygens (including phenoxy) is 1. The average molecular weight is 271 g/mol. The summed E-state index contributed by atoms with van der Waals surface area (Å²) in [5, 5.41) is 9.03. The van der Waals surface area contributed by atoms with Crippen molar-refractivity contribution in [1.82, 2.24) is 4.31 Å². The van der Waals surface area contributed by atoms with Crippen LogP contribution in [0.3, 0.4) is 0 Å². The molecule has 0 aromatic heterocycles. The summed E-state index contributed by atoms with van der Waals surface area (Å²) in [4.78, 5) is 0.284. The van der Waals surface area contributed by atoms with Crippen LogP contribution < -0.4 is 0 Å². The van der Waals surface area contributed by atoms with Crippen LogP contribution in [0.5, 0.6) is 0 Å². The molecule has 0 radical (unpaired) electrons. The third-order valence-electron chi connectivity index (χ3n) is 2.96. The Bertz CT molecular complexity index is 497. The van der Waals surface area contributed by atoms with Crippen LogP contribution in [-0.4, -0.2) is 50.2 Å². The maximum atomic E-state index is 12.3. The number of hydrogen-bond donors (Lipinski definition) is 1. The van der Waals surface area contributed by atoms with Gasteiger partial charge in [-0.15, -0.1) is 0 Å². The lowest BCUT2D eigenvalue weighted by Crippen LogP contribution is -2.46. The lowest BCUT2D eigenvalue weighted by atomic mass is 10.2. The SMILES string of the molecule is Cc1ccc(S(=O)(=O)N2CCO[C@@H](CO)C2)cc1. The van der Waals surface area contributed by atoms with E-state index in [2.05, 4.69) is 0 Å². The summed E-state index contributed by atoms with van der Waals surface area (Å²) < 4.78 is 31.3. The Morgan fingerprint density at radius 1 is 1.39 bits per heavy atom. The van der Waals surface area contributed by atoms with Crippen LogP contribution in [0, 0.1) is 6.92 Å². The quantitative estimate of drug-likeness (QED) is 0.863. The molecule has 1 aromatic rings. The second kappa shape index (κ2) is 5.36. The molecule has 0 amide bonds. The normalized spacial score (nSPS) is 22.0. The zero-order valence-corrected chi connectivity index (χ0v) is 11.1. The van der Waals surface area contributed by atoms with Gasteiger partial charge in [-0.05, 0) is 19.1 Å². The number of hydrogen-bond acceptors (Lipinski definition) is 4. The highest BCUT2D eigenvalue weighted by molar-refractivity contribution is 7.89. The van der Waals surface area contributed by atoms with Crippen molar-refractivity contribution >= 4 is 10.0 Å². The smallest absolute Gasteiger partial charge is 0.243 e. The highest BCUT2D eigenvalue weighted by Crippen LogP contribution is 2.19. The molecule has 1 N–H and O–H groups in total. The second-order valence-electron chi connectivity index (χ2n) is 4.35. The maximum absolute atomic E-state index is 12.3. The molecule has 1 atom stereocenters. The fourth-order valence-electron chi connectivity index (χ4n) is 1.88. The van der Waals surface area contributed by atoms with Gasteiger partial charge in [0.1, 0.15) is 0 Å². The van der Waals surface area contributed by atoms with E-state index in [1.807, 2.05) is 6.92 Å². The van der Waals surface area contributed by atoms with Gasteiger partial charge >= 0.3 is 0 Å². The first-order chi connectivity index (χ1) is 8.54. The van der Waals surface area contributed by atoms with Crippen LogP contribution >= 0.6 is 0 Å². The number of sulfonamides is 1. The van der Waals surface area contributed by atoms with Crippen molar-refractivity contribution in [1.29, 1.82) is 0 Å². The first-order valence-electron chi connectivity index (χ1n) is 5.83. The molecule has 100 valence electrons. The van der Waals surface area contributed by atoms with Crippen molar-refractivity contribution in [2.24, 2.45) is 0 Å². The third-order valence-corrected chi connectivity index (χ3v) is 4.84. The van der Waals surface area contributed by atoms with E-state index in [0.717, 1.165) is 5.56 Å². The fourth-order valence-corrected chi connectivity index (χ4v) is 3.34. The van der Waals surface area contributed by atoms with Crippen molar-refractivity contribution in [3.8, 4) is 0 Å². The summed E-state index contributed by atoms with van der Waals surface area (Å²) in [5.74, 6) is 0. The van der Waals surface area contributed by atoms with Crippen LogP contribution in [0.4, 0.5) is 0 Å². The Labute approximate surface area is 107 Å². The molecule has 1 saturated heterocycles. The zero-order chi connectivity index (χ0) is 13.2. The molecular weight excluding hydrogens is 254 g/mol. The van der Waals surface area contributed by atoms with Crippen LogP contribution in [0.15, 0.2) is 29.2 Å². The molecule has 1 aliphatic rings. The van der Waals surface area contributed by atoms with Gasteiger partial charge in [0.05, 0.1) is 24.2 Å². The monoisotopic (exact) mass is 271 g/mol. The number of morpholine rings is 1. The summed E-state index contributed by atoms with van der Waals surface area (Å²) in [7, 11) is -3.48. The molecule has 1 fully saturated rings. The van der Waals surface area contributed by atoms with Crippen LogP contribution in [0.2, 0.25) is 0 Å². The van der Waals surface area contributed by atoms with Crippen molar-refractivity contribution in [2.45, 2.75) is 17.9 Å². The molecule has 0 saturated carbocycles. The van der Waals surface area contributed by atoms with E-state index in [1.165, 1.54) is 4.31 Å². The minimum absolute atomic E-state index is 0.167. The Morgan fingerprint density at radius 3 is 2.67 bits per heavy atom. The van der Waals surface area contributed by atoms with Gasteiger partial charge in [-0.2, -0.15) is 4.31 Å². The van der Waals surface area contributed by atoms with Crippen LogP contribution in [0.1, 0.15) is 5.56 Å². The summed E-state index contributed by atoms with van der Waals surface area (Å²) in [6, 6.07) is 6.76. The summed E-state index contributed by atoms with van der Waals surface area (Å²) in [6.07, 6.45) is -0.432. The summed E-state index contributed by atoms with van der Waals surface area (Å²) >= 11 is 0. The number of aliphatic hydroxyl groups is 1. The van der Waals surface area contributed by atoms with Crippen LogP contribution in [0.25, 0.3) is 0 Å². The molecule has 1 heterocycles. The topological polar surface area (TPSA) is 66.8 Å². The molecular formula is C12H17NO4S. The van der Waals surface area contributed by atoms with E-state index in [9.17, 15) is 8.42 Å². The minimum atomic E-state index is -3.48. The number of aryl methyl sites for hydroxylation is 1. The molecule has 6 heteroatoms. The first kappa shape index (κ1) is 13.5. The van der Waals surface area contributed by atoms with Crippen LogP contribution in [-0.2, 0) is 14.8 Å². The highest BCUT2D eigenvalue weighted by atomic mass is 32.2. The van der Waals surface area contributed by atoms with Crippen molar-refractivity contribution in [2.75, 3.05) is 26.3 Å². The molecule has 5 nitrogen and oxygen atoms in total. The number of nitrogens with zero attached hydrogens (tertiary/aromatic N) is 1. The lowest BCUT2D eigenvalue weighted by Gasteiger charge is -2.31. The van der Waals surface area contributed by atoms with Crippen molar-refractivity contribution in [3.05, 3.63) is 29.8 Å². The number of aliphatic hydroxyl groups excluding tert-OH is 1. The van der Waals surface area contributed by atoms with Gasteiger partial charge in [0.25, 0.3) is 0 Å². The van der Waals surface area contributed by atoms with E-state index >= 15 is 0 Å². The van der Waals surface area contributed by atoms with Gasteiger partial charge in [-0.25, -0.2) is 8.42 Å². The number of rotatable bonds is 3. The van der Waals surface area contributed by atoms with E-state index < -0.39 is 16.1 Å². The first-order valence-corrected chi connectivity index (χ1v) is 7.27. The zero-order valence-electron chi connectivity index (χ0n) is 10.2. The van der Waals surface area contributed by atoms with E-state index in [0.29, 0.717) is 13.2 Å². The van der Waals surface area contributed by atoms with Gasteiger partial charge in [-0.3, -0.25) is 0 Å². The fraction of sp³-hybridized carbons (Fsp3) is 0.500. The summed E-state index contributed by atoms with van der Waals surface area (Å²) in [6.45, 7) is 2.59. The molecule has 0 aliphatic carbocycles. The largest absolute Gasteiger partial charge is 0.394 e. The van der Waals surface area contributed by atoms with Gasteiger partial charge in [0.2, 0.25) is 10.0 Å². The van der Waals surface area contributed by atoms with E-state index in [4.69, 9.17) is 9.84 Å². The molecule has 1 aromatic carbocycles. The van der Waals surface area contributed by atoms with Crippen molar-refractivity contribution < 1.29 is 18.3 Å². The lowest BCUT2D eigenvalue weighted by molar-refractivity contribution is -0.0304. The van der Waals surface area contributed by atoms with Gasteiger partial charge in [0.15, 0.2) is 0 Å². The molecule has 2 rings (SSSR count). The summed E-state index contributed by atoms with van der Waals surface area (Å²) in [5.41, 5.74) is 1.02. The maximum Gasteiger partial charge on any atom is 0.243 e. The molecule has 18 heavy (non-hydrogen) atoms. The third kappa shape index (κ3) is 2.72. The Morgan fingerprint density at radius 2 is 2.06 bits per heavy atom. The van der Waals surface area contributed by atoms with E-state index in [-0.39, 0.29) is 18.0 Å². The molecule has 1 aliphatic heterocycles. The predicted octanol–water partition coefficient (Wildman–Crippen LogP) is 0.377. The van der Waals surface area contributed by atoms with E-state index in [1.54, 1.807) is 24.3 Å². The van der Waals surface area contributed by atoms with Gasteiger partial charge in [0, 0.05) is 13.1 Å². The van der Waals surface area contributed by atoms with Gasteiger partial charge < -0.3 is 9.84 Å². The minimum Gasteiger partial charge on any atom is -0.394 e. The van der Waals surface area contributed by atoms with Crippen molar-refractivity contribution in [3.63, 3.8) is 0 Å². The standard InChI is InChI=1S/C12H17NO4S/c1-10-2-4-12(5-3-10)18(15,16)13-6-7-17-11(8-13)9-14/h2-5,11,14H,6-9H2,1H3/t11-/m1/s1. The Hall–Kier alpha value is -0.950. The average Bonchev–Trinajstić information content (AvgIpc) is 2.39. The second-order valence-corrected chi connectivity index (χ2v) is 6.29. The molecule has 0 unspecified atom stereocenters. The molecule has 0 spiro atoms. The Kier molecular flexibility index (Phi) is 4.01.